The zero-order valence-corrected chi connectivity index (χ0v) is 17.3. The molecule has 4 aromatic rings. The Morgan fingerprint density at radius 1 is 1.00 bits per heavy atom. The Morgan fingerprint density at radius 3 is 2.41 bits per heavy atom. The molecule has 0 saturated carbocycles. The zero-order valence-electron chi connectivity index (χ0n) is 16.5. The summed E-state index contributed by atoms with van der Waals surface area (Å²) in [6, 6.07) is 23.7. The van der Waals surface area contributed by atoms with Crippen molar-refractivity contribution in [3.63, 3.8) is 0 Å². The minimum Gasteiger partial charge on any atom is -0.497 e. The average molecular weight is 403 g/mol. The van der Waals surface area contributed by atoms with Crippen molar-refractivity contribution in [3.8, 4) is 16.9 Å². The van der Waals surface area contributed by atoms with Gasteiger partial charge in [0, 0.05) is 12.1 Å². The van der Waals surface area contributed by atoms with Crippen LogP contribution in [0.1, 0.15) is 23.7 Å². The predicted molar refractivity (Wildman–Crippen MR) is 118 cm³/mol. The average Bonchev–Trinajstić information content (AvgIpc) is 3.10. The van der Waals surface area contributed by atoms with Crippen LogP contribution in [0.3, 0.4) is 0 Å². The minimum atomic E-state index is -0.229. The summed E-state index contributed by atoms with van der Waals surface area (Å²) in [5.41, 5.74) is 3.87. The van der Waals surface area contributed by atoms with Gasteiger partial charge in [0.25, 0.3) is 5.91 Å². The van der Waals surface area contributed by atoms with Crippen LogP contribution in [-0.2, 0) is 6.54 Å². The highest BCUT2D eigenvalue weighted by atomic mass is 32.1. The smallest absolute Gasteiger partial charge is 0.279 e. The molecule has 5 heteroatoms. The van der Waals surface area contributed by atoms with Gasteiger partial charge in [-0.1, -0.05) is 60.7 Å². The number of thiazole rings is 1. The maximum Gasteiger partial charge on any atom is 0.279 e. The fraction of sp³-hybridized carbons (Fsp3) is 0.167. The van der Waals surface area contributed by atoms with E-state index in [-0.39, 0.29) is 5.91 Å². The molecule has 0 spiro atoms. The largest absolute Gasteiger partial charge is 0.497 e. The van der Waals surface area contributed by atoms with Gasteiger partial charge in [0.1, 0.15) is 5.75 Å². The van der Waals surface area contributed by atoms with Crippen LogP contribution < -0.4 is 9.54 Å². The van der Waals surface area contributed by atoms with E-state index in [2.05, 4.69) is 28.6 Å². The number of benzene rings is 3. The zero-order chi connectivity index (χ0) is 20.2. The van der Waals surface area contributed by atoms with E-state index in [1.54, 1.807) is 7.11 Å². The van der Waals surface area contributed by atoms with Crippen molar-refractivity contribution in [1.29, 1.82) is 0 Å². The first-order valence-electron chi connectivity index (χ1n) is 9.61. The van der Waals surface area contributed by atoms with Gasteiger partial charge in [0.15, 0.2) is 4.80 Å². The number of carbonyl (C=O) groups is 1. The van der Waals surface area contributed by atoms with Crippen LogP contribution >= 0.6 is 11.3 Å². The van der Waals surface area contributed by atoms with E-state index in [0.29, 0.717) is 10.4 Å². The van der Waals surface area contributed by atoms with Crippen molar-refractivity contribution < 1.29 is 9.53 Å². The number of hydrogen-bond acceptors (Lipinski definition) is 3. The van der Waals surface area contributed by atoms with Gasteiger partial charge in [-0.05, 0) is 47.9 Å². The molecule has 0 atom stereocenters. The van der Waals surface area contributed by atoms with Crippen molar-refractivity contribution >= 4 is 27.5 Å². The van der Waals surface area contributed by atoms with Crippen LogP contribution in [0.15, 0.2) is 77.8 Å². The van der Waals surface area contributed by atoms with Crippen LogP contribution in [0.2, 0.25) is 0 Å². The van der Waals surface area contributed by atoms with Gasteiger partial charge in [-0.3, -0.25) is 4.79 Å². The number of hydrogen-bond donors (Lipinski definition) is 0. The number of aryl methyl sites for hydroxylation is 1. The summed E-state index contributed by atoms with van der Waals surface area (Å²) in [5, 5.41) is 0. The Bertz CT molecular complexity index is 1210. The molecule has 0 N–H and O–H groups in total. The van der Waals surface area contributed by atoms with Crippen molar-refractivity contribution in [1.82, 2.24) is 4.57 Å². The van der Waals surface area contributed by atoms with Gasteiger partial charge in [0.05, 0.1) is 17.3 Å². The van der Waals surface area contributed by atoms with Gasteiger partial charge in [-0.25, -0.2) is 0 Å². The molecule has 0 radical (unpaired) electrons. The van der Waals surface area contributed by atoms with Gasteiger partial charge in [0.2, 0.25) is 0 Å². The summed E-state index contributed by atoms with van der Waals surface area (Å²) in [6.07, 6.45) is 0.963. The molecule has 0 aliphatic rings. The number of methoxy groups -OCH3 is 1. The number of amides is 1. The lowest BCUT2D eigenvalue weighted by Crippen LogP contribution is -2.16. The Hall–Kier alpha value is -3.18. The molecule has 0 aliphatic carbocycles. The number of rotatable bonds is 5. The number of nitrogens with zero attached hydrogens (tertiary/aromatic N) is 2. The normalized spacial score (nSPS) is 11.7. The highest BCUT2D eigenvalue weighted by Crippen LogP contribution is 2.24. The second-order valence-electron chi connectivity index (χ2n) is 6.73. The lowest BCUT2D eigenvalue weighted by molar-refractivity contribution is 0.0998. The van der Waals surface area contributed by atoms with Crippen molar-refractivity contribution in [2.45, 2.75) is 19.9 Å². The molecule has 4 rings (SSSR count). The summed E-state index contributed by atoms with van der Waals surface area (Å²) in [4.78, 5) is 18.0. The third-order valence-electron chi connectivity index (χ3n) is 4.77. The van der Waals surface area contributed by atoms with Crippen LogP contribution in [0.5, 0.6) is 5.75 Å². The number of fused-ring (bicyclic) bond motifs is 1. The summed E-state index contributed by atoms with van der Waals surface area (Å²) in [6.45, 7) is 2.93. The van der Waals surface area contributed by atoms with Gasteiger partial charge < -0.3 is 9.30 Å². The monoisotopic (exact) mass is 402 g/mol. The van der Waals surface area contributed by atoms with Crippen molar-refractivity contribution in [2.75, 3.05) is 7.11 Å². The Kier molecular flexibility index (Phi) is 5.58. The number of ether oxygens (including phenoxy) is 1. The van der Waals surface area contributed by atoms with Crippen molar-refractivity contribution in [2.24, 2.45) is 4.99 Å². The lowest BCUT2D eigenvalue weighted by Gasteiger charge is -2.04. The fourth-order valence-electron chi connectivity index (χ4n) is 3.29. The molecule has 29 heavy (non-hydrogen) atoms. The predicted octanol–water partition coefficient (Wildman–Crippen LogP) is 5.53. The first-order chi connectivity index (χ1) is 14.2. The fourth-order valence-corrected chi connectivity index (χ4v) is 4.38. The summed E-state index contributed by atoms with van der Waals surface area (Å²) in [7, 11) is 1.66. The third-order valence-corrected chi connectivity index (χ3v) is 5.81. The summed E-state index contributed by atoms with van der Waals surface area (Å²) >= 11 is 1.51. The molecule has 1 amide bonds. The SMILES string of the molecule is CCCn1c(=NC(=O)c2ccc(-c3ccccc3)cc2)sc2cc(OC)ccc21. The van der Waals surface area contributed by atoms with Crippen LogP contribution in [0.4, 0.5) is 0 Å². The quantitative estimate of drug-likeness (QED) is 0.440. The Balaban J connectivity index is 1.70. The molecule has 1 aromatic heterocycles. The first-order valence-corrected chi connectivity index (χ1v) is 10.4. The van der Waals surface area contributed by atoms with E-state index in [9.17, 15) is 4.79 Å². The molecule has 1 heterocycles. The molecule has 0 bridgehead atoms. The van der Waals surface area contributed by atoms with Gasteiger partial charge in [-0.2, -0.15) is 4.99 Å². The highest BCUT2D eigenvalue weighted by Gasteiger charge is 2.10. The minimum absolute atomic E-state index is 0.229. The van der Waals surface area contributed by atoms with Crippen LogP contribution in [-0.4, -0.2) is 17.6 Å². The maximum absolute atomic E-state index is 12.8. The molecular formula is C24H22N2O2S. The van der Waals surface area contributed by atoms with E-state index >= 15 is 0 Å². The second kappa shape index (κ2) is 8.45. The number of aromatic nitrogens is 1. The second-order valence-corrected chi connectivity index (χ2v) is 7.74. The van der Waals surface area contributed by atoms with E-state index in [0.717, 1.165) is 40.1 Å². The van der Waals surface area contributed by atoms with E-state index in [1.807, 2.05) is 60.7 Å². The topological polar surface area (TPSA) is 43.6 Å². The first kappa shape index (κ1) is 19.2. The van der Waals surface area contributed by atoms with Gasteiger partial charge in [-0.15, -0.1) is 0 Å². The molecule has 3 aromatic carbocycles. The molecule has 0 fully saturated rings. The maximum atomic E-state index is 12.8. The summed E-state index contributed by atoms with van der Waals surface area (Å²) < 4.78 is 8.50. The van der Waals surface area contributed by atoms with Crippen LogP contribution in [0, 0.1) is 0 Å². The highest BCUT2D eigenvalue weighted by molar-refractivity contribution is 7.16. The van der Waals surface area contributed by atoms with E-state index in [1.165, 1.54) is 11.3 Å². The molecular weight excluding hydrogens is 380 g/mol. The van der Waals surface area contributed by atoms with Crippen molar-refractivity contribution in [3.05, 3.63) is 83.2 Å². The molecule has 0 aliphatic heterocycles. The van der Waals surface area contributed by atoms with Crippen LogP contribution in [0.25, 0.3) is 21.3 Å². The molecule has 146 valence electrons. The Morgan fingerprint density at radius 2 is 1.72 bits per heavy atom. The molecule has 4 nitrogen and oxygen atoms in total. The van der Waals surface area contributed by atoms with E-state index < -0.39 is 0 Å². The number of carbonyl (C=O) groups excluding carboxylic acids is 1. The molecule has 0 saturated heterocycles. The standard InChI is InChI=1S/C24H22N2O2S/c1-3-15-26-21-14-13-20(28-2)16-22(21)29-24(26)25-23(27)19-11-9-18(10-12-19)17-7-5-4-6-8-17/h4-14,16H,3,15H2,1-2H3. The Labute approximate surface area is 173 Å². The third kappa shape index (κ3) is 4.00. The van der Waals surface area contributed by atoms with E-state index in [4.69, 9.17) is 4.74 Å². The molecule has 0 unspecified atom stereocenters. The lowest BCUT2D eigenvalue weighted by atomic mass is 10.0. The summed E-state index contributed by atoms with van der Waals surface area (Å²) in [5.74, 6) is 0.574. The van der Waals surface area contributed by atoms with Gasteiger partial charge >= 0.3 is 0 Å².